The highest BCUT2D eigenvalue weighted by Gasteiger charge is 2.19. The van der Waals surface area contributed by atoms with Crippen LogP contribution in [0.5, 0.6) is 0 Å². The topological polar surface area (TPSA) is 19.7 Å². The van der Waals surface area contributed by atoms with Gasteiger partial charge in [0, 0.05) is 5.69 Å². The number of rotatable bonds is 1. The van der Waals surface area contributed by atoms with Crippen molar-refractivity contribution in [2.24, 2.45) is 0 Å². The van der Waals surface area contributed by atoms with Crippen LogP contribution in [0.25, 0.3) is 0 Å². The maximum absolute atomic E-state index is 5.50. The summed E-state index contributed by atoms with van der Waals surface area (Å²) in [6, 6.07) is 6.42. The van der Waals surface area contributed by atoms with Gasteiger partial charge >= 0.3 is 0 Å². The number of aryl methyl sites for hydroxylation is 2. The zero-order chi connectivity index (χ0) is 13.1. The molecule has 3 nitrogen and oxygen atoms in total. The zero-order valence-electron chi connectivity index (χ0n) is 11.4. The van der Waals surface area contributed by atoms with Crippen LogP contribution in [0.3, 0.4) is 0 Å². The third kappa shape index (κ3) is 3.21. The summed E-state index contributed by atoms with van der Waals surface area (Å²) >= 11 is 5.50. The molecule has 1 aromatic carbocycles. The van der Waals surface area contributed by atoms with Gasteiger partial charge in [-0.25, -0.2) is 0 Å². The Labute approximate surface area is 115 Å². The van der Waals surface area contributed by atoms with E-state index in [0.29, 0.717) is 0 Å². The van der Waals surface area contributed by atoms with Gasteiger partial charge in [-0.3, -0.25) is 0 Å². The van der Waals surface area contributed by atoms with Crippen LogP contribution in [0.1, 0.15) is 11.1 Å². The third-order valence-corrected chi connectivity index (χ3v) is 3.90. The molecule has 1 aromatic rings. The Kier molecular flexibility index (Phi) is 4.19. The molecule has 98 valence electrons. The van der Waals surface area contributed by atoms with Gasteiger partial charge in [0.1, 0.15) is 0 Å². The lowest BCUT2D eigenvalue weighted by molar-refractivity contribution is -0.883. The second-order valence-electron chi connectivity index (χ2n) is 5.19. The van der Waals surface area contributed by atoms with Crippen LogP contribution < -0.4 is 10.2 Å². The van der Waals surface area contributed by atoms with E-state index in [2.05, 4.69) is 49.3 Å². The third-order valence-electron chi connectivity index (χ3n) is 3.54. The summed E-state index contributed by atoms with van der Waals surface area (Å²) < 4.78 is 0. The fourth-order valence-corrected chi connectivity index (χ4v) is 2.45. The summed E-state index contributed by atoms with van der Waals surface area (Å²) in [6.07, 6.45) is 0. The van der Waals surface area contributed by atoms with E-state index in [1.807, 2.05) is 0 Å². The van der Waals surface area contributed by atoms with Crippen LogP contribution in [-0.4, -0.2) is 43.2 Å². The Hall–Kier alpha value is -1.13. The minimum atomic E-state index is 0.858. The van der Waals surface area contributed by atoms with Gasteiger partial charge in [-0.05, 0) is 43.3 Å². The quantitative estimate of drug-likeness (QED) is 0.733. The van der Waals surface area contributed by atoms with Gasteiger partial charge in [-0.15, -0.1) is 0 Å². The highest BCUT2D eigenvalue weighted by molar-refractivity contribution is 7.80. The van der Waals surface area contributed by atoms with Crippen molar-refractivity contribution in [3.8, 4) is 0 Å². The van der Waals surface area contributed by atoms with E-state index < -0.39 is 0 Å². The van der Waals surface area contributed by atoms with E-state index in [-0.39, 0.29) is 0 Å². The van der Waals surface area contributed by atoms with E-state index in [1.54, 1.807) is 4.90 Å². The number of likely N-dealkylation sites (N-methyl/N-ethyl adjacent to an activating group) is 1. The number of quaternary nitrogens is 1. The summed E-state index contributed by atoms with van der Waals surface area (Å²) in [4.78, 5) is 3.85. The molecule has 0 saturated carbocycles. The lowest BCUT2D eigenvalue weighted by Crippen LogP contribution is -3.12. The Morgan fingerprint density at radius 2 is 1.94 bits per heavy atom. The number of piperazine rings is 1. The molecule has 18 heavy (non-hydrogen) atoms. The Morgan fingerprint density at radius 1 is 1.28 bits per heavy atom. The van der Waals surface area contributed by atoms with Gasteiger partial charge in [0.05, 0.1) is 33.2 Å². The molecule has 2 rings (SSSR count). The standard InChI is InChI=1S/C14H21N3S/c1-11-4-5-12(2)13(10-11)15-14(18)17-8-6-16(3)7-9-17/h4-5,10H,6-9H2,1-3H3,(H,15,18)/p+1. The van der Waals surface area contributed by atoms with Crippen molar-refractivity contribution in [2.75, 3.05) is 38.5 Å². The maximum atomic E-state index is 5.50. The number of benzene rings is 1. The Morgan fingerprint density at radius 3 is 2.61 bits per heavy atom. The predicted molar refractivity (Wildman–Crippen MR) is 80.3 cm³/mol. The Balaban J connectivity index is 2.00. The van der Waals surface area contributed by atoms with Crippen molar-refractivity contribution in [2.45, 2.75) is 13.8 Å². The van der Waals surface area contributed by atoms with Gasteiger partial charge in [0.15, 0.2) is 5.11 Å². The lowest BCUT2D eigenvalue weighted by atomic mass is 10.1. The molecule has 0 spiro atoms. The molecular weight excluding hydrogens is 242 g/mol. The van der Waals surface area contributed by atoms with Crippen LogP contribution >= 0.6 is 12.2 Å². The van der Waals surface area contributed by atoms with Crippen LogP contribution in [0.4, 0.5) is 5.69 Å². The van der Waals surface area contributed by atoms with Crippen molar-refractivity contribution in [3.63, 3.8) is 0 Å². The molecule has 0 aliphatic carbocycles. The molecule has 1 aliphatic heterocycles. The van der Waals surface area contributed by atoms with E-state index in [9.17, 15) is 0 Å². The number of thiocarbonyl (C=S) groups is 1. The molecular formula is C14H22N3S+. The largest absolute Gasteiger partial charge is 0.338 e. The van der Waals surface area contributed by atoms with Gasteiger partial charge in [-0.2, -0.15) is 0 Å². The van der Waals surface area contributed by atoms with Gasteiger partial charge in [0.2, 0.25) is 0 Å². The number of hydrogen-bond acceptors (Lipinski definition) is 1. The molecule has 0 unspecified atom stereocenters. The summed E-state index contributed by atoms with van der Waals surface area (Å²) in [5.41, 5.74) is 3.63. The number of hydrogen-bond donors (Lipinski definition) is 2. The second kappa shape index (κ2) is 5.67. The maximum Gasteiger partial charge on any atom is 0.173 e. The highest BCUT2D eigenvalue weighted by Crippen LogP contribution is 2.16. The first-order valence-electron chi connectivity index (χ1n) is 6.51. The van der Waals surface area contributed by atoms with Crippen molar-refractivity contribution < 1.29 is 4.90 Å². The molecule has 1 fully saturated rings. The molecule has 0 amide bonds. The zero-order valence-corrected chi connectivity index (χ0v) is 12.2. The van der Waals surface area contributed by atoms with Gasteiger partial charge in [-0.1, -0.05) is 12.1 Å². The summed E-state index contributed by atoms with van der Waals surface area (Å²) in [6.45, 7) is 8.62. The van der Waals surface area contributed by atoms with Gasteiger partial charge < -0.3 is 15.1 Å². The molecule has 1 heterocycles. The van der Waals surface area contributed by atoms with E-state index >= 15 is 0 Å². The van der Waals surface area contributed by atoms with E-state index in [0.717, 1.165) is 37.0 Å². The Bertz CT molecular complexity index is 437. The van der Waals surface area contributed by atoms with Crippen LogP contribution in [-0.2, 0) is 0 Å². The van der Waals surface area contributed by atoms with Crippen molar-refractivity contribution in [1.29, 1.82) is 0 Å². The minimum Gasteiger partial charge on any atom is -0.338 e. The van der Waals surface area contributed by atoms with E-state index in [1.165, 1.54) is 11.1 Å². The number of nitrogens with one attached hydrogen (secondary N) is 2. The summed E-state index contributed by atoms with van der Waals surface area (Å²) in [7, 11) is 2.23. The molecule has 4 heteroatoms. The van der Waals surface area contributed by atoms with Crippen LogP contribution in [0.2, 0.25) is 0 Å². The van der Waals surface area contributed by atoms with Crippen molar-refractivity contribution >= 4 is 23.0 Å². The van der Waals surface area contributed by atoms with E-state index in [4.69, 9.17) is 12.2 Å². The highest BCUT2D eigenvalue weighted by atomic mass is 32.1. The predicted octanol–water partition coefficient (Wildman–Crippen LogP) is 0.831. The first-order chi connectivity index (χ1) is 8.56. The average Bonchev–Trinajstić information content (AvgIpc) is 2.34. The molecule has 0 radical (unpaired) electrons. The molecule has 0 bridgehead atoms. The fraction of sp³-hybridized carbons (Fsp3) is 0.500. The summed E-state index contributed by atoms with van der Waals surface area (Å²) in [5.74, 6) is 0. The second-order valence-corrected chi connectivity index (χ2v) is 5.58. The smallest absolute Gasteiger partial charge is 0.173 e. The molecule has 1 saturated heterocycles. The molecule has 0 aromatic heterocycles. The molecule has 1 aliphatic rings. The lowest BCUT2D eigenvalue weighted by Gasteiger charge is -2.32. The van der Waals surface area contributed by atoms with Crippen LogP contribution in [0, 0.1) is 13.8 Å². The minimum absolute atomic E-state index is 0.858. The fourth-order valence-electron chi connectivity index (χ4n) is 2.16. The van der Waals surface area contributed by atoms with Gasteiger partial charge in [0.25, 0.3) is 0 Å². The molecule has 0 atom stereocenters. The molecule has 2 N–H and O–H groups in total. The average molecular weight is 264 g/mol. The SMILES string of the molecule is Cc1ccc(C)c(NC(=S)N2CC[NH+](C)CC2)c1. The normalized spacial score (nSPS) is 16.7. The van der Waals surface area contributed by atoms with Crippen LogP contribution in [0.15, 0.2) is 18.2 Å². The number of nitrogens with zero attached hydrogens (tertiary/aromatic N) is 1. The first-order valence-corrected chi connectivity index (χ1v) is 6.91. The number of anilines is 1. The summed E-state index contributed by atoms with van der Waals surface area (Å²) in [5, 5.41) is 4.24. The van der Waals surface area contributed by atoms with Crippen molar-refractivity contribution in [1.82, 2.24) is 4.90 Å². The first kappa shape index (κ1) is 13.3. The van der Waals surface area contributed by atoms with Crippen molar-refractivity contribution in [3.05, 3.63) is 29.3 Å². The monoisotopic (exact) mass is 264 g/mol.